The molecule has 0 N–H and O–H groups in total. The monoisotopic (exact) mass is 499 g/mol. The summed E-state index contributed by atoms with van der Waals surface area (Å²) in [6.07, 6.45) is 1.62. The van der Waals surface area contributed by atoms with E-state index in [1.54, 1.807) is 12.1 Å². The summed E-state index contributed by atoms with van der Waals surface area (Å²) >= 11 is 2.26. The van der Waals surface area contributed by atoms with E-state index in [-0.39, 0.29) is 11.6 Å². The largest absolute Gasteiger partial charge is 0.489 e. The topological polar surface area (TPSA) is 47.9 Å². The number of cyclic esters (lactones) is 1. The van der Waals surface area contributed by atoms with Crippen molar-refractivity contribution < 1.29 is 18.7 Å². The highest BCUT2D eigenvalue weighted by Crippen LogP contribution is 2.22. The van der Waals surface area contributed by atoms with Crippen LogP contribution in [-0.2, 0) is 16.1 Å². The van der Waals surface area contributed by atoms with Crippen molar-refractivity contribution in [3.05, 3.63) is 105 Å². The molecule has 0 amide bonds. The Bertz CT molecular complexity index is 1120. The molecule has 0 spiro atoms. The summed E-state index contributed by atoms with van der Waals surface area (Å²) in [5.41, 5.74) is 2.38. The van der Waals surface area contributed by atoms with Gasteiger partial charge in [-0.05, 0) is 82.3 Å². The van der Waals surface area contributed by atoms with Crippen molar-refractivity contribution in [2.75, 3.05) is 0 Å². The van der Waals surface area contributed by atoms with E-state index in [1.165, 1.54) is 21.8 Å². The van der Waals surface area contributed by atoms with E-state index in [4.69, 9.17) is 9.47 Å². The van der Waals surface area contributed by atoms with Crippen LogP contribution in [0, 0.1) is 9.39 Å². The predicted octanol–water partition coefficient (Wildman–Crippen LogP) is 5.35. The zero-order valence-electron chi connectivity index (χ0n) is 15.1. The summed E-state index contributed by atoms with van der Waals surface area (Å²) in [6.45, 7) is 0.445. The number of carbonyl (C=O) groups is 1. The minimum Gasteiger partial charge on any atom is -0.489 e. The molecule has 0 unspecified atom stereocenters. The van der Waals surface area contributed by atoms with Crippen LogP contribution < -0.4 is 4.74 Å². The molecule has 1 aliphatic heterocycles. The van der Waals surface area contributed by atoms with E-state index >= 15 is 0 Å². The molecule has 6 heteroatoms. The van der Waals surface area contributed by atoms with Gasteiger partial charge in [-0.3, -0.25) is 0 Å². The van der Waals surface area contributed by atoms with Gasteiger partial charge in [0.2, 0.25) is 5.90 Å². The summed E-state index contributed by atoms with van der Waals surface area (Å²) in [6, 6.07) is 21.2. The van der Waals surface area contributed by atoms with Crippen molar-refractivity contribution in [1.29, 1.82) is 0 Å². The Morgan fingerprint density at radius 3 is 2.62 bits per heavy atom. The van der Waals surface area contributed by atoms with Crippen LogP contribution in [0.2, 0.25) is 0 Å². The van der Waals surface area contributed by atoms with Crippen molar-refractivity contribution in [3.8, 4) is 5.75 Å². The average molecular weight is 499 g/mol. The van der Waals surface area contributed by atoms with Crippen molar-refractivity contribution in [2.45, 2.75) is 6.61 Å². The normalized spacial score (nSPS) is 14.6. The Balaban J connectivity index is 1.51. The lowest BCUT2D eigenvalue weighted by Crippen LogP contribution is -2.05. The molecule has 1 aliphatic rings. The highest BCUT2D eigenvalue weighted by atomic mass is 127. The number of ether oxygens (including phenoxy) is 2. The fourth-order valence-electron chi connectivity index (χ4n) is 2.75. The number of nitrogens with zero attached hydrogens (tertiary/aromatic N) is 1. The number of hydrogen-bond acceptors (Lipinski definition) is 4. The highest BCUT2D eigenvalue weighted by Gasteiger charge is 2.24. The molecular weight excluding hydrogens is 484 g/mol. The molecule has 0 aliphatic carbocycles. The van der Waals surface area contributed by atoms with Gasteiger partial charge < -0.3 is 9.47 Å². The molecule has 3 aromatic rings. The molecule has 144 valence electrons. The number of hydrogen-bond donors (Lipinski definition) is 0. The van der Waals surface area contributed by atoms with Gasteiger partial charge in [0.05, 0.1) is 0 Å². The first-order valence-corrected chi connectivity index (χ1v) is 9.90. The molecular formula is C23H15FINO3. The molecule has 0 radical (unpaired) electrons. The smallest absolute Gasteiger partial charge is 0.363 e. The lowest BCUT2D eigenvalue weighted by molar-refractivity contribution is -0.129. The van der Waals surface area contributed by atoms with Crippen LogP contribution in [0.15, 0.2) is 83.5 Å². The quantitative estimate of drug-likeness (QED) is 0.270. The van der Waals surface area contributed by atoms with Gasteiger partial charge in [0, 0.05) is 9.13 Å². The summed E-state index contributed by atoms with van der Waals surface area (Å²) in [5.74, 6) is -0.225. The molecule has 1 heterocycles. The Hall–Kier alpha value is -3.00. The van der Waals surface area contributed by atoms with E-state index in [0.29, 0.717) is 17.9 Å². The molecule has 4 nitrogen and oxygen atoms in total. The molecule has 4 rings (SSSR count). The van der Waals surface area contributed by atoms with E-state index < -0.39 is 11.8 Å². The standard InChI is InChI=1S/C23H15FINO3/c24-18-5-2-4-17(13-18)22-26-21(23(27)29-22)12-16-3-1-6-20(11-16)28-14-15-7-9-19(25)10-8-15/h1-13H,14H2/b21-12-. The maximum absolute atomic E-state index is 13.4. The van der Waals surface area contributed by atoms with Gasteiger partial charge in [0.15, 0.2) is 5.70 Å². The molecule has 0 atom stereocenters. The fraction of sp³-hybridized carbons (Fsp3) is 0.0435. The maximum Gasteiger partial charge on any atom is 0.363 e. The Kier molecular flexibility index (Phi) is 5.71. The third-order valence-corrected chi connectivity index (χ3v) is 4.89. The van der Waals surface area contributed by atoms with Gasteiger partial charge in [0.1, 0.15) is 18.2 Å². The third-order valence-electron chi connectivity index (χ3n) is 4.17. The van der Waals surface area contributed by atoms with E-state index in [1.807, 2.05) is 48.5 Å². The summed E-state index contributed by atoms with van der Waals surface area (Å²) < 4.78 is 25.6. The van der Waals surface area contributed by atoms with Gasteiger partial charge in [-0.2, -0.15) is 0 Å². The van der Waals surface area contributed by atoms with Crippen LogP contribution in [0.5, 0.6) is 5.75 Å². The Morgan fingerprint density at radius 1 is 1.03 bits per heavy atom. The van der Waals surface area contributed by atoms with Crippen molar-refractivity contribution in [3.63, 3.8) is 0 Å². The molecule has 29 heavy (non-hydrogen) atoms. The second-order valence-electron chi connectivity index (χ2n) is 6.33. The van der Waals surface area contributed by atoms with Crippen LogP contribution in [0.3, 0.4) is 0 Å². The van der Waals surface area contributed by atoms with E-state index in [2.05, 4.69) is 27.6 Å². The van der Waals surface area contributed by atoms with Crippen molar-refractivity contribution >= 4 is 40.5 Å². The van der Waals surface area contributed by atoms with Gasteiger partial charge in [-0.25, -0.2) is 14.2 Å². The summed E-state index contributed by atoms with van der Waals surface area (Å²) in [5, 5.41) is 0. The van der Waals surface area contributed by atoms with Crippen LogP contribution in [0.4, 0.5) is 4.39 Å². The van der Waals surface area contributed by atoms with Gasteiger partial charge >= 0.3 is 5.97 Å². The number of halogens is 2. The molecule has 0 fully saturated rings. The van der Waals surface area contributed by atoms with E-state index in [9.17, 15) is 9.18 Å². The van der Waals surface area contributed by atoms with Crippen LogP contribution in [-0.4, -0.2) is 11.9 Å². The fourth-order valence-corrected chi connectivity index (χ4v) is 3.11. The zero-order valence-corrected chi connectivity index (χ0v) is 17.3. The number of aliphatic imine (C=N–C) groups is 1. The van der Waals surface area contributed by atoms with Crippen molar-refractivity contribution in [1.82, 2.24) is 0 Å². The number of benzene rings is 3. The predicted molar refractivity (Wildman–Crippen MR) is 117 cm³/mol. The highest BCUT2D eigenvalue weighted by molar-refractivity contribution is 14.1. The van der Waals surface area contributed by atoms with Gasteiger partial charge in [-0.1, -0.05) is 30.3 Å². The SMILES string of the molecule is O=C1OC(c2cccc(F)c2)=N/C1=C\c1cccc(OCc2ccc(I)cc2)c1. The molecule has 0 aromatic heterocycles. The minimum atomic E-state index is -0.575. The lowest BCUT2D eigenvalue weighted by atomic mass is 10.2. The molecule has 0 bridgehead atoms. The van der Waals surface area contributed by atoms with Gasteiger partial charge in [0.25, 0.3) is 0 Å². The Morgan fingerprint density at radius 2 is 1.83 bits per heavy atom. The summed E-state index contributed by atoms with van der Waals surface area (Å²) in [4.78, 5) is 16.3. The average Bonchev–Trinajstić information content (AvgIpc) is 3.08. The number of carbonyl (C=O) groups excluding carboxylic acids is 1. The molecule has 0 saturated carbocycles. The van der Waals surface area contributed by atoms with Crippen molar-refractivity contribution in [2.24, 2.45) is 4.99 Å². The van der Waals surface area contributed by atoms with E-state index in [0.717, 1.165) is 11.1 Å². The van der Waals surface area contributed by atoms with Gasteiger partial charge in [-0.15, -0.1) is 0 Å². The Labute approximate surface area is 180 Å². The first-order chi connectivity index (χ1) is 14.1. The van der Waals surface area contributed by atoms with Crippen LogP contribution >= 0.6 is 22.6 Å². The summed E-state index contributed by atoms with van der Waals surface area (Å²) in [7, 11) is 0. The lowest BCUT2D eigenvalue weighted by Gasteiger charge is -2.07. The number of esters is 1. The first kappa shape index (κ1) is 19.3. The molecule has 0 saturated heterocycles. The zero-order chi connectivity index (χ0) is 20.2. The third kappa shape index (κ3) is 4.89. The molecule has 3 aromatic carbocycles. The maximum atomic E-state index is 13.4. The minimum absolute atomic E-state index is 0.0897. The second kappa shape index (κ2) is 8.57. The van der Waals surface area contributed by atoms with Crippen LogP contribution in [0.1, 0.15) is 16.7 Å². The van der Waals surface area contributed by atoms with Crippen LogP contribution in [0.25, 0.3) is 6.08 Å². The second-order valence-corrected chi connectivity index (χ2v) is 7.58. The first-order valence-electron chi connectivity index (χ1n) is 8.83. The number of rotatable bonds is 5.